The standard InChI is InChI=1S/C15H15BrN4/c1-9(2)10-4-3-5-12(6-10)20-14-13(19-15(20)17)7-11(16)8-18-14/h3-9H,1-2H3,(H2,17,19). The maximum absolute atomic E-state index is 6.06. The third kappa shape index (κ3) is 2.18. The van der Waals surface area contributed by atoms with Crippen molar-refractivity contribution in [3.8, 4) is 5.69 Å². The summed E-state index contributed by atoms with van der Waals surface area (Å²) >= 11 is 3.40. The summed E-state index contributed by atoms with van der Waals surface area (Å²) in [4.78, 5) is 8.80. The lowest BCUT2D eigenvalue weighted by atomic mass is 10.0. The molecule has 102 valence electrons. The molecule has 0 aliphatic rings. The predicted octanol–water partition coefficient (Wildman–Crippen LogP) is 3.89. The number of pyridine rings is 1. The summed E-state index contributed by atoms with van der Waals surface area (Å²) in [5.41, 5.74) is 9.87. The number of halogens is 1. The van der Waals surface area contributed by atoms with Crippen LogP contribution in [0.2, 0.25) is 0 Å². The zero-order valence-electron chi connectivity index (χ0n) is 11.3. The Morgan fingerprint density at radius 3 is 2.80 bits per heavy atom. The number of aromatic nitrogens is 3. The molecule has 2 heterocycles. The van der Waals surface area contributed by atoms with Gasteiger partial charge in [-0.05, 0) is 45.6 Å². The second-order valence-electron chi connectivity index (χ2n) is 5.05. The van der Waals surface area contributed by atoms with Crippen LogP contribution in [0.4, 0.5) is 5.95 Å². The van der Waals surface area contributed by atoms with Crippen LogP contribution in [0.5, 0.6) is 0 Å². The second-order valence-corrected chi connectivity index (χ2v) is 5.97. The number of anilines is 1. The highest BCUT2D eigenvalue weighted by Crippen LogP contribution is 2.25. The molecule has 0 aliphatic heterocycles. The van der Waals surface area contributed by atoms with Crippen LogP contribution >= 0.6 is 15.9 Å². The van der Waals surface area contributed by atoms with Crippen LogP contribution in [-0.2, 0) is 0 Å². The van der Waals surface area contributed by atoms with Crippen molar-refractivity contribution in [2.45, 2.75) is 19.8 Å². The van der Waals surface area contributed by atoms with Gasteiger partial charge in [-0.1, -0.05) is 26.0 Å². The highest BCUT2D eigenvalue weighted by Gasteiger charge is 2.12. The number of nitrogens with zero attached hydrogens (tertiary/aromatic N) is 3. The molecular formula is C15H15BrN4. The van der Waals surface area contributed by atoms with E-state index in [0.717, 1.165) is 21.3 Å². The average molecular weight is 331 g/mol. The van der Waals surface area contributed by atoms with Crippen LogP contribution in [0.3, 0.4) is 0 Å². The van der Waals surface area contributed by atoms with Crippen molar-refractivity contribution in [2.75, 3.05) is 5.73 Å². The Labute approximate surface area is 125 Å². The summed E-state index contributed by atoms with van der Waals surface area (Å²) in [6, 6.07) is 10.2. The summed E-state index contributed by atoms with van der Waals surface area (Å²) in [7, 11) is 0. The molecule has 0 spiro atoms. The van der Waals surface area contributed by atoms with Crippen molar-refractivity contribution in [3.05, 3.63) is 46.6 Å². The number of fused-ring (bicyclic) bond motifs is 1. The quantitative estimate of drug-likeness (QED) is 0.775. The Morgan fingerprint density at radius 1 is 1.25 bits per heavy atom. The van der Waals surface area contributed by atoms with Gasteiger partial charge in [0.05, 0.1) is 5.69 Å². The number of benzene rings is 1. The molecule has 0 saturated carbocycles. The molecule has 3 rings (SSSR count). The number of hydrogen-bond acceptors (Lipinski definition) is 3. The van der Waals surface area contributed by atoms with Crippen LogP contribution in [0, 0.1) is 0 Å². The van der Waals surface area contributed by atoms with Crippen molar-refractivity contribution < 1.29 is 0 Å². The van der Waals surface area contributed by atoms with Gasteiger partial charge in [-0.3, -0.25) is 4.57 Å². The maximum atomic E-state index is 6.06. The first-order valence-corrected chi connectivity index (χ1v) is 7.25. The molecule has 1 aromatic carbocycles. The van der Waals surface area contributed by atoms with E-state index in [2.05, 4.69) is 51.9 Å². The Hall–Kier alpha value is -1.88. The van der Waals surface area contributed by atoms with E-state index in [0.29, 0.717) is 11.9 Å². The Bertz CT molecular complexity index is 777. The van der Waals surface area contributed by atoms with E-state index in [1.54, 1.807) is 6.20 Å². The lowest BCUT2D eigenvalue weighted by molar-refractivity contribution is 0.863. The number of nitrogens with two attached hydrogens (primary N) is 1. The fourth-order valence-electron chi connectivity index (χ4n) is 2.24. The fourth-order valence-corrected chi connectivity index (χ4v) is 2.55. The van der Waals surface area contributed by atoms with Crippen molar-refractivity contribution in [1.82, 2.24) is 14.5 Å². The first-order chi connectivity index (χ1) is 9.56. The predicted molar refractivity (Wildman–Crippen MR) is 85.1 cm³/mol. The van der Waals surface area contributed by atoms with Gasteiger partial charge in [0, 0.05) is 10.7 Å². The minimum Gasteiger partial charge on any atom is -0.369 e. The molecule has 0 bridgehead atoms. The van der Waals surface area contributed by atoms with E-state index in [1.165, 1.54) is 5.56 Å². The maximum Gasteiger partial charge on any atom is 0.207 e. The Balaban J connectivity index is 2.24. The molecule has 0 radical (unpaired) electrons. The molecule has 3 aromatic rings. The zero-order valence-corrected chi connectivity index (χ0v) is 12.9. The third-order valence-corrected chi connectivity index (χ3v) is 3.72. The lowest BCUT2D eigenvalue weighted by Crippen LogP contribution is -2.02. The van der Waals surface area contributed by atoms with Gasteiger partial charge >= 0.3 is 0 Å². The first-order valence-electron chi connectivity index (χ1n) is 6.46. The average Bonchev–Trinajstić information content (AvgIpc) is 2.73. The van der Waals surface area contributed by atoms with Gasteiger partial charge in [0.25, 0.3) is 0 Å². The van der Waals surface area contributed by atoms with Crippen molar-refractivity contribution >= 4 is 33.0 Å². The molecule has 2 aromatic heterocycles. The number of imidazole rings is 1. The van der Waals surface area contributed by atoms with Crippen LogP contribution in [0.1, 0.15) is 25.3 Å². The highest BCUT2D eigenvalue weighted by molar-refractivity contribution is 9.10. The fraction of sp³-hybridized carbons (Fsp3) is 0.200. The summed E-state index contributed by atoms with van der Waals surface area (Å²) in [6.07, 6.45) is 1.76. The normalized spacial score (nSPS) is 11.4. The van der Waals surface area contributed by atoms with E-state index in [4.69, 9.17) is 5.73 Å². The SMILES string of the molecule is CC(C)c1cccc(-n2c(N)nc3cc(Br)cnc32)c1. The number of nitrogen functional groups attached to an aromatic ring is 1. The minimum absolute atomic E-state index is 0.450. The molecule has 0 fully saturated rings. The van der Waals surface area contributed by atoms with Crippen molar-refractivity contribution in [2.24, 2.45) is 0 Å². The van der Waals surface area contributed by atoms with Gasteiger partial charge < -0.3 is 5.73 Å². The van der Waals surface area contributed by atoms with Crippen LogP contribution in [-0.4, -0.2) is 14.5 Å². The number of hydrogen-bond donors (Lipinski definition) is 1. The van der Waals surface area contributed by atoms with Crippen LogP contribution < -0.4 is 5.73 Å². The van der Waals surface area contributed by atoms with Crippen molar-refractivity contribution in [3.63, 3.8) is 0 Å². The van der Waals surface area contributed by atoms with E-state index in [9.17, 15) is 0 Å². The van der Waals surface area contributed by atoms with Gasteiger partial charge in [0.2, 0.25) is 5.95 Å². The van der Waals surface area contributed by atoms with E-state index in [-0.39, 0.29) is 0 Å². The summed E-state index contributed by atoms with van der Waals surface area (Å²) in [6.45, 7) is 4.34. The smallest absolute Gasteiger partial charge is 0.207 e. The number of rotatable bonds is 2. The largest absolute Gasteiger partial charge is 0.369 e. The van der Waals surface area contributed by atoms with Gasteiger partial charge in [-0.2, -0.15) is 0 Å². The first kappa shape index (κ1) is 13.1. The van der Waals surface area contributed by atoms with Gasteiger partial charge in [0.15, 0.2) is 5.65 Å². The summed E-state index contributed by atoms with van der Waals surface area (Å²) in [5.74, 6) is 0.916. The Kier molecular flexibility index (Phi) is 3.22. The minimum atomic E-state index is 0.450. The molecule has 0 saturated heterocycles. The van der Waals surface area contributed by atoms with Crippen LogP contribution in [0.25, 0.3) is 16.9 Å². The van der Waals surface area contributed by atoms with E-state index < -0.39 is 0 Å². The molecule has 0 atom stereocenters. The zero-order chi connectivity index (χ0) is 14.3. The monoisotopic (exact) mass is 330 g/mol. The van der Waals surface area contributed by atoms with E-state index >= 15 is 0 Å². The third-order valence-electron chi connectivity index (χ3n) is 3.28. The van der Waals surface area contributed by atoms with E-state index in [1.807, 2.05) is 22.8 Å². The van der Waals surface area contributed by atoms with Gasteiger partial charge in [-0.15, -0.1) is 0 Å². The molecular weight excluding hydrogens is 316 g/mol. The topological polar surface area (TPSA) is 56.7 Å². The Morgan fingerprint density at radius 2 is 2.05 bits per heavy atom. The molecule has 5 heteroatoms. The van der Waals surface area contributed by atoms with Gasteiger partial charge in [-0.25, -0.2) is 9.97 Å². The van der Waals surface area contributed by atoms with Crippen LogP contribution in [0.15, 0.2) is 41.0 Å². The second kappa shape index (κ2) is 4.90. The molecule has 4 nitrogen and oxygen atoms in total. The lowest BCUT2D eigenvalue weighted by Gasteiger charge is -2.10. The molecule has 2 N–H and O–H groups in total. The molecule has 20 heavy (non-hydrogen) atoms. The molecule has 0 unspecified atom stereocenters. The van der Waals surface area contributed by atoms with Crippen molar-refractivity contribution in [1.29, 1.82) is 0 Å². The molecule has 0 amide bonds. The highest BCUT2D eigenvalue weighted by atomic mass is 79.9. The van der Waals surface area contributed by atoms with Gasteiger partial charge in [0.1, 0.15) is 5.52 Å². The summed E-state index contributed by atoms with van der Waals surface area (Å²) < 4.78 is 2.78. The molecule has 0 aliphatic carbocycles. The summed E-state index contributed by atoms with van der Waals surface area (Å²) in [5, 5.41) is 0.